The lowest BCUT2D eigenvalue weighted by atomic mass is 10.2. The topological polar surface area (TPSA) is 102 Å². The highest BCUT2D eigenvalue weighted by Gasteiger charge is 2.10. The van der Waals surface area contributed by atoms with Crippen molar-refractivity contribution in [2.45, 2.75) is 13.8 Å². The van der Waals surface area contributed by atoms with Crippen molar-refractivity contribution in [3.63, 3.8) is 0 Å². The van der Waals surface area contributed by atoms with Gasteiger partial charge in [0, 0.05) is 11.9 Å². The maximum Gasteiger partial charge on any atom is 0.289 e. The lowest BCUT2D eigenvalue weighted by Crippen LogP contribution is -2.20. The first-order valence-corrected chi connectivity index (χ1v) is 10.1. The van der Waals surface area contributed by atoms with Crippen LogP contribution < -0.4 is 20.2 Å². The van der Waals surface area contributed by atoms with E-state index >= 15 is 0 Å². The Morgan fingerprint density at radius 1 is 1.03 bits per heavy atom. The summed E-state index contributed by atoms with van der Waals surface area (Å²) in [5, 5.41) is 6.73. The largest absolute Gasteiger partial charge is 0.490 e. The Hall–Kier alpha value is -4.20. The summed E-state index contributed by atoms with van der Waals surface area (Å²) in [6, 6.07) is 17.7. The number of hydrogen-bond donors (Lipinski definition) is 2. The zero-order chi connectivity index (χ0) is 22.8. The summed E-state index contributed by atoms with van der Waals surface area (Å²) in [4.78, 5) is 28.1. The minimum atomic E-state index is -0.411. The number of anilines is 1. The number of carbonyl (C=O) groups excluding carboxylic acids is 2. The number of nitrogens with zero attached hydrogens (tertiary/aromatic N) is 2. The number of amides is 2. The highest BCUT2D eigenvalue weighted by molar-refractivity contribution is 5.93. The smallest absolute Gasteiger partial charge is 0.289 e. The van der Waals surface area contributed by atoms with Crippen molar-refractivity contribution in [3.05, 3.63) is 83.7 Å². The SMILES string of the molecule is CCOc1cc(/C=N\NC(=O)c2ccccn2)ccc1OCC(=O)Nc1ccc(C)cc1. The molecule has 0 saturated carbocycles. The van der Waals surface area contributed by atoms with Crippen LogP contribution in [0.4, 0.5) is 5.69 Å². The van der Waals surface area contributed by atoms with Crippen molar-refractivity contribution in [2.24, 2.45) is 5.10 Å². The minimum Gasteiger partial charge on any atom is -0.490 e. The van der Waals surface area contributed by atoms with Gasteiger partial charge in [0.15, 0.2) is 18.1 Å². The van der Waals surface area contributed by atoms with Crippen molar-refractivity contribution in [1.29, 1.82) is 0 Å². The molecule has 8 heteroatoms. The Kier molecular flexibility index (Phi) is 7.91. The first-order chi connectivity index (χ1) is 15.5. The molecule has 3 rings (SSSR count). The number of rotatable bonds is 9. The summed E-state index contributed by atoms with van der Waals surface area (Å²) in [6.45, 7) is 4.08. The summed E-state index contributed by atoms with van der Waals surface area (Å²) in [6.07, 6.45) is 3.02. The molecule has 8 nitrogen and oxygen atoms in total. The first kappa shape index (κ1) is 22.5. The third-order valence-corrected chi connectivity index (χ3v) is 4.24. The molecule has 0 atom stereocenters. The number of carbonyl (C=O) groups is 2. The number of aryl methyl sites for hydroxylation is 1. The van der Waals surface area contributed by atoms with Gasteiger partial charge >= 0.3 is 0 Å². The van der Waals surface area contributed by atoms with E-state index in [9.17, 15) is 9.59 Å². The fourth-order valence-corrected chi connectivity index (χ4v) is 2.69. The number of hydrogen-bond acceptors (Lipinski definition) is 6. The number of benzene rings is 2. The van der Waals surface area contributed by atoms with E-state index in [1.807, 2.05) is 38.1 Å². The molecule has 1 heterocycles. The number of aromatic nitrogens is 1. The Bertz CT molecular complexity index is 1080. The summed E-state index contributed by atoms with van der Waals surface area (Å²) >= 11 is 0. The summed E-state index contributed by atoms with van der Waals surface area (Å²) in [5.41, 5.74) is 5.19. The highest BCUT2D eigenvalue weighted by Crippen LogP contribution is 2.28. The average Bonchev–Trinajstić information content (AvgIpc) is 2.81. The Morgan fingerprint density at radius 2 is 1.84 bits per heavy atom. The van der Waals surface area contributed by atoms with Crippen molar-refractivity contribution < 1.29 is 19.1 Å². The van der Waals surface area contributed by atoms with Gasteiger partial charge in [0.25, 0.3) is 11.8 Å². The Balaban J connectivity index is 1.59. The fraction of sp³-hybridized carbons (Fsp3) is 0.167. The van der Waals surface area contributed by atoms with Crippen LogP contribution in [0.5, 0.6) is 11.5 Å². The molecule has 0 radical (unpaired) electrons. The van der Waals surface area contributed by atoms with Crippen LogP contribution >= 0.6 is 0 Å². The average molecular weight is 432 g/mol. The van der Waals surface area contributed by atoms with Gasteiger partial charge in [-0.1, -0.05) is 23.8 Å². The van der Waals surface area contributed by atoms with Gasteiger partial charge in [-0.3, -0.25) is 14.6 Å². The van der Waals surface area contributed by atoms with Crippen LogP contribution in [0.25, 0.3) is 0 Å². The Labute approximate surface area is 186 Å². The van der Waals surface area contributed by atoms with Crippen LogP contribution in [-0.4, -0.2) is 36.2 Å². The second-order valence-electron chi connectivity index (χ2n) is 6.76. The predicted molar refractivity (Wildman–Crippen MR) is 122 cm³/mol. The standard InChI is InChI=1S/C24H24N4O4/c1-3-31-22-14-18(15-26-28-24(30)20-6-4-5-13-25-20)9-12-21(22)32-16-23(29)27-19-10-7-17(2)8-11-19/h4-15H,3,16H2,1-2H3,(H,27,29)(H,28,30)/b26-15-. The van der Waals surface area contributed by atoms with Crippen LogP contribution in [0.15, 0.2) is 72.0 Å². The van der Waals surface area contributed by atoms with E-state index < -0.39 is 5.91 Å². The van der Waals surface area contributed by atoms with E-state index in [1.54, 1.807) is 36.4 Å². The van der Waals surface area contributed by atoms with Gasteiger partial charge in [-0.05, 0) is 61.9 Å². The van der Waals surface area contributed by atoms with Gasteiger partial charge in [0.05, 0.1) is 12.8 Å². The van der Waals surface area contributed by atoms with E-state index in [0.29, 0.717) is 29.4 Å². The van der Waals surface area contributed by atoms with Gasteiger partial charge in [-0.15, -0.1) is 0 Å². The van der Waals surface area contributed by atoms with Crippen molar-refractivity contribution in [1.82, 2.24) is 10.4 Å². The van der Waals surface area contributed by atoms with E-state index in [4.69, 9.17) is 9.47 Å². The summed E-state index contributed by atoms with van der Waals surface area (Å²) in [7, 11) is 0. The molecule has 3 aromatic rings. The lowest BCUT2D eigenvalue weighted by molar-refractivity contribution is -0.118. The molecular weight excluding hydrogens is 408 g/mol. The molecule has 0 saturated heterocycles. The van der Waals surface area contributed by atoms with Gasteiger partial charge < -0.3 is 14.8 Å². The molecule has 0 fully saturated rings. The van der Waals surface area contributed by atoms with Crippen molar-refractivity contribution in [3.8, 4) is 11.5 Å². The van der Waals surface area contributed by atoms with E-state index in [2.05, 4.69) is 20.8 Å². The third-order valence-electron chi connectivity index (χ3n) is 4.24. The zero-order valence-corrected chi connectivity index (χ0v) is 17.9. The van der Waals surface area contributed by atoms with Gasteiger partial charge in [-0.2, -0.15) is 5.10 Å². The number of hydrazone groups is 1. The van der Waals surface area contributed by atoms with E-state index in [-0.39, 0.29) is 18.2 Å². The van der Waals surface area contributed by atoms with Crippen LogP contribution in [0.2, 0.25) is 0 Å². The molecule has 2 aromatic carbocycles. The molecule has 0 spiro atoms. The molecule has 32 heavy (non-hydrogen) atoms. The summed E-state index contributed by atoms with van der Waals surface area (Å²) < 4.78 is 11.3. The molecule has 0 bridgehead atoms. The number of ether oxygens (including phenoxy) is 2. The predicted octanol–water partition coefficient (Wildman–Crippen LogP) is 3.57. The summed E-state index contributed by atoms with van der Waals surface area (Å²) in [5.74, 6) is 0.210. The minimum absolute atomic E-state index is 0.165. The first-order valence-electron chi connectivity index (χ1n) is 10.1. The normalized spacial score (nSPS) is 10.6. The maximum absolute atomic E-state index is 12.2. The second kappa shape index (κ2) is 11.3. The maximum atomic E-state index is 12.2. The van der Waals surface area contributed by atoms with Crippen LogP contribution in [0.3, 0.4) is 0 Å². The monoisotopic (exact) mass is 432 g/mol. The fourth-order valence-electron chi connectivity index (χ4n) is 2.69. The van der Waals surface area contributed by atoms with E-state index in [0.717, 1.165) is 5.56 Å². The molecule has 0 aliphatic rings. The van der Waals surface area contributed by atoms with Crippen LogP contribution in [-0.2, 0) is 4.79 Å². The number of nitrogens with one attached hydrogen (secondary N) is 2. The van der Waals surface area contributed by atoms with Crippen LogP contribution in [0.1, 0.15) is 28.5 Å². The molecular formula is C24H24N4O4. The van der Waals surface area contributed by atoms with Crippen LogP contribution in [0, 0.1) is 6.92 Å². The highest BCUT2D eigenvalue weighted by atomic mass is 16.5. The molecule has 0 aliphatic heterocycles. The zero-order valence-electron chi connectivity index (χ0n) is 17.9. The van der Waals surface area contributed by atoms with Crippen molar-refractivity contribution in [2.75, 3.05) is 18.5 Å². The van der Waals surface area contributed by atoms with Crippen molar-refractivity contribution >= 4 is 23.7 Å². The second-order valence-corrected chi connectivity index (χ2v) is 6.76. The quantitative estimate of drug-likeness (QED) is 0.398. The number of pyridine rings is 1. The lowest BCUT2D eigenvalue weighted by Gasteiger charge is -2.12. The Morgan fingerprint density at radius 3 is 2.56 bits per heavy atom. The third kappa shape index (κ3) is 6.66. The van der Waals surface area contributed by atoms with Gasteiger partial charge in [0.1, 0.15) is 5.69 Å². The van der Waals surface area contributed by atoms with Gasteiger partial charge in [0.2, 0.25) is 0 Å². The van der Waals surface area contributed by atoms with Gasteiger partial charge in [-0.25, -0.2) is 5.43 Å². The molecule has 1 aromatic heterocycles. The molecule has 0 unspecified atom stereocenters. The van der Waals surface area contributed by atoms with E-state index in [1.165, 1.54) is 12.4 Å². The molecule has 164 valence electrons. The molecule has 2 amide bonds. The molecule has 2 N–H and O–H groups in total. The molecule has 0 aliphatic carbocycles.